The number of carbonyl (C=O) groups excluding carboxylic acids is 1. The van der Waals surface area contributed by atoms with Crippen LogP contribution in [0.15, 0.2) is 10.9 Å². The van der Waals surface area contributed by atoms with Crippen molar-refractivity contribution in [3.8, 4) is 5.88 Å². The molecule has 0 aliphatic heterocycles. The third kappa shape index (κ3) is 4.21. The van der Waals surface area contributed by atoms with Crippen molar-refractivity contribution in [2.45, 2.75) is 19.2 Å². The number of H-pyrrole nitrogens is 1. The summed E-state index contributed by atoms with van der Waals surface area (Å²) in [7, 11) is 0.953. The van der Waals surface area contributed by atoms with Gasteiger partial charge in [0.15, 0.2) is 5.43 Å². The summed E-state index contributed by atoms with van der Waals surface area (Å²) in [5, 5.41) is 0. The SMILES string of the molecule is COC(=O)Cc1c(OC(F)(F)F)[nH]c(C(F)F)cc1=O. The Hall–Kier alpha value is -2.13. The van der Waals surface area contributed by atoms with Crippen LogP contribution in [0.25, 0.3) is 0 Å². The van der Waals surface area contributed by atoms with E-state index in [1.165, 1.54) is 0 Å². The average Bonchev–Trinajstić information content (AvgIpc) is 2.30. The summed E-state index contributed by atoms with van der Waals surface area (Å²) in [5.41, 5.74) is -3.00. The standard InChI is InChI=1S/C10H8F5NO4/c1-19-7(18)2-4-6(17)3-5(8(11)12)16-9(4)20-10(13,14)15/h3,8H,2H2,1H3,(H,16,17). The number of halogens is 5. The molecule has 0 aromatic carbocycles. The van der Waals surface area contributed by atoms with E-state index in [-0.39, 0.29) is 0 Å². The highest BCUT2D eigenvalue weighted by Gasteiger charge is 2.34. The molecule has 112 valence electrons. The number of carbonyl (C=O) groups is 1. The van der Waals surface area contributed by atoms with Crippen molar-refractivity contribution in [2.24, 2.45) is 0 Å². The maximum Gasteiger partial charge on any atom is 0.574 e. The quantitative estimate of drug-likeness (QED) is 0.681. The molecule has 0 saturated carbocycles. The van der Waals surface area contributed by atoms with Crippen molar-refractivity contribution in [1.29, 1.82) is 0 Å². The first-order valence-corrected chi connectivity index (χ1v) is 5.01. The normalized spacial score (nSPS) is 11.6. The van der Waals surface area contributed by atoms with Crippen molar-refractivity contribution < 1.29 is 36.2 Å². The Labute approximate surface area is 108 Å². The highest BCUT2D eigenvalue weighted by Crippen LogP contribution is 2.26. The summed E-state index contributed by atoms with van der Waals surface area (Å²) in [5.74, 6) is -2.28. The van der Waals surface area contributed by atoms with E-state index in [0.717, 1.165) is 7.11 Å². The summed E-state index contributed by atoms with van der Waals surface area (Å²) in [6, 6.07) is 0.395. The number of hydrogen-bond acceptors (Lipinski definition) is 4. The molecule has 20 heavy (non-hydrogen) atoms. The maximum atomic E-state index is 12.4. The van der Waals surface area contributed by atoms with Gasteiger partial charge in [0, 0.05) is 6.07 Å². The third-order valence-corrected chi connectivity index (χ3v) is 2.12. The number of rotatable bonds is 4. The number of aromatic nitrogens is 1. The molecule has 1 aromatic rings. The molecule has 0 spiro atoms. The monoisotopic (exact) mass is 301 g/mol. The lowest BCUT2D eigenvalue weighted by Crippen LogP contribution is -2.24. The lowest BCUT2D eigenvalue weighted by Gasteiger charge is -2.13. The van der Waals surface area contributed by atoms with Crippen LogP contribution >= 0.6 is 0 Å². The Balaban J connectivity index is 3.32. The van der Waals surface area contributed by atoms with E-state index in [2.05, 4.69) is 9.47 Å². The Morgan fingerprint density at radius 1 is 1.40 bits per heavy atom. The third-order valence-electron chi connectivity index (χ3n) is 2.12. The van der Waals surface area contributed by atoms with Crippen LogP contribution < -0.4 is 10.2 Å². The zero-order valence-electron chi connectivity index (χ0n) is 9.88. The van der Waals surface area contributed by atoms with Gasteiger partial charge >= 0.3 is 12.3 Å². The van der Waals surface area contributed by atoms with Crippen LogP contribution in [-0.2, 0) is 16.0 Å². The number of methoxy groups -OCH3 is 1. The largest absolute Gasteiger partial charge is 0.574 e. The molecular weight excluding hydrogens is 293 g/mol. The second kappa shape index (κ2) is 5.88. The van der Waals surface area contributed by atoms with Gasteiger partial charge < -0.3 is 14.5 Å². The molecule has 1 aromatic heterocycles. The smallest absolute Gasteiger partial charge is 0.469 e. The molecule has 10 heteroatoms. The van der Waals surface area contributed by atoms with Crippen molar-refractivity contribution >= 4 is 5.97 Å². The molecule has 0 bridgehead atoms. The van der Waals surface area contributed by atoms with Crippen molar-refractivity contribution in [3.05, 3.63) is 27.5 Å². The minimum atomic E-state index is -5.21. The minimum absolute atomic E-state index is 0.395. The molecule has 0 saturated heterocycles. The number of ether oxygens (including phenoxy) is 2. The van der Waals surface area contributed by atoms with Gasteiger partial charge in [-0.3, -0.25) is 9.59 Å². The van der Waals surface area contributed by atoms with Gasteiger partial charge in [-0.1, -0.05) is 0 Å². The van der Waals surface area contributed by atoms with Gasteiger partial charge in [-0.2, -0.15) is 0 Å². The van der Waals surface area contributed by atoms with E-state index in [1.54, 1.807) is 4.98 Å². The van der Waals surface area contributed by atoms with Gasteiger partial charge in [0.25, 0.3) is 6.43 Å². The summed E-state index contributed by atoms with van der Waals surface area (Å²) in [6.45, 7) is 0. The first-order valence-electron chi connectivity index (χ1n) is 5.01. The minimum Gasteiger partial charge on any atom is -0.469 e. The Kier molecular flexibility index (Phi) is 4.69. The van der Waals surface area contributed by atoms with Crippen LogP contribution in [-0.4, -0.2) is 24.4 Å². The molecule has 0 amide bonds. The molecule has 0 aliphatic rings. The van der Waals surface area contributed by atoms with Crippen molar-refractivity contribution in [3.63, 3.8) is 0 Å². The summed E-state index contributed by atoms with van der Waals surface area (Å²) < 4.78 is 69.0. The first kappa shape index (κ1) is 15.9. The maximum absolute atomic E-state index is 12.4. The first-order chi connectivity index (χ1) is 9.14. The van der Waals surface area contributed by atoms with Crippen LogP contribution in [0.1, 0.15) is 17.7 Å². The van der Waals surface area contributed by atoms with Crippen LogP contribution in [0.2, 0.25) is 0 Å². The lowest BCUT2D eigenvalue weighted by atomic mass is 10.1. The molecule has 0 fully saturated rings. The van der Waals surface area contributed by atoms with E-state index < -0.39 is 47.7 Å². The molecule has 1 rings (SSSR count). The van der Waals surface area contributed by atoms with Gasteiger partial charge in [-0.25, -0.2) is 8.78 Å². The van der Waals surface area contributed by atoms with E-state index in [1.807, 2.05) is 0 Å². The highest BCUT2D eigenvalue weighted by molar-refractivity contribution is 5.73. The Morgan fingerprint density at radius 3 is 2.45 bits per heavy atom. The lowest BCUT2D eigenvalue weighted by molar-refractivity contribution is -0.276. The number of esters is 1. The van der Waals surface area contributed by atoms with Gasteiger partial charge in [-0.05, 0) is 0 Å². The van der Waals surface area contributed by atoms with Gasteiger partial charge in [0.05, 0.1) is 24.8 Å². The average molecular weight is 301 g/mol. The number of nitrogens with one attached hydrogen (secondary N) is 1. The van der Waals surface area contributed by atoms with Crippen molar-refractivity contribution in [1.82, 2.24) is 4.98 Å². The highest BCUT2D eigenvalue weighted by atomic mass is 19.4. The Morgan fingerprint density at radius 2 is 2.00 bits per heavy atom. The molecule has 0 unspecified atom stereocenters. The summed E-state index contributed by atoms with van der Waals surface area (Å²) >= 11 is 0. The second-order valence-corrected chi connectivity index (χ2v) is 3.50. The molecule has 0 radical (unpaired) electrons. The fourth-order valence-corrected chi connectivity index (χ4v) is 1.29. The number of hydrogen-bond donors (Lipinski definition) is 1. The van der Waals surface area contributed by atoms with Gasteiger partial charge in [0.2, 0.25) is 5.88 Å². The molecule has 1 N–H and O–H groups in total. The topological polar surface area (TPSA) is 68.4 Å². The molecule has 0 atom stereocenters. The summed E-state index contributed by atoms with van der Waals surface area (Å²) in [6.07, 6.45) is -9.26. The van der Waals surface area contributed by atoms with Crippen LogP contribution in [0.3, 0.4) is 0 Å². The second-order valence-electron chi connectivity index (χ2n) is 3.50. The van der Waals surface area contributed by atoms with Crippen LogP contribution in [0.5, 0.6) is 5.88 Å². The van der Waals surface area contributed by atoms with E-state index >= 15 is 0 Å². The summed E-state index contributed by atoms with van der Waals surface area (Å²) in [4.78, 5) is 24.1. The molecule has 5 nitrogen and oxygen atoms in total. The zero-order valence-corrected chi connectivity index (χ0v) is 9.88. The number of alkyl halides is 5. The van der Waals surface area contributed by atoms with Crippen LogP contribution in [0.4, 0.5) is 22.0 Å². The van der Waals surface area contributed by atoms with Crippen LogP contribution in [0, 0.1) is 0 Å². The molecule has 1 heterocycles. The van der Waals surface area contributed by atoms with Gasteiger partial charge in [0.1, 0.15) is 0 Å². The van der Waals surface area contributed by atoms with E-state index in [9.17, 15) is 31.5 Å². The Bertz CT molecular complexity index is 552. The van der Waals surface area contributed by atoms with Gasteiger partial charge in [-0.15, -0.1) is 13.2 Å². The predicted molar refractivity (Wildman–Crippen MR) is 54.4 cm³/mol. The fourth-order valence-electron chi connectivity index (χ4n) is 1.29. The van der Waals surface area contributed by atoms with E-state index in [4.69, 9.17) is 0 Å². The van der Waals surface area contributed by atoms with Crippen molar-refractivity contribution in [2.75, 3.05) is 7.11 Å². The van der Waals surface area contributed by atoms with E-state index in [0.29, 0.717) is 6.07 Å². The number of aromatic amines is 1. The molecular formula is C10H8F5NO4. The number of pyridine rings is 1. The fraction of sp³-hybridized carbons (Fsp3) is 0.400. The zero-order chi connectivity index (χ0) is 15.5. The predicted octanol–water partition coefficient (Wildman–Crippen LogP) is 1.93. The molecule has 0 aliphatic carbocycles.